The van der Waals surface area contributed by atoms with Crippen molar-refractivity contribution in [3.63, 3.8) is 0 Å². The molecule has 17 heavy (non-hydrogen) atoms. The van der Waals surface area contributed by atoms with E-state index in [2.05, 4.69) is 4.74 Å². The Hall–Kier alpha value is -1.40. The van der Waals surface area contributed by atoms with E-state index in [9.17, 15) is 26.3 Å². The van der Waals surface area contributed by atoms with E-state index in [0.29, 0.717) is 12.1 Å². The van der Waals surface area contributed by atoms with Crippen molar-refractivity contribution in [3.05, 3.63) is 29.3 Å². The molecule has 0 spiro atoms. The third-order valence-corrected chi connectivity index (χ3v) is 1.91. The Morgan fingerprint density at radius 1 is 1.00 bits per heavy atom. The number of ether oxygens (including phenoxy) is 1. The summed E-state index contributed by atoms with van der Waals surface area (Å²) in [6.07, 6.45) is -9.70. The summed E-state index contributed by atoms with van der Waals surface area (Å²) in [7, 11) is 0. The molecule has 0 atom stereocenters. The van der Waals surface area contributed by atoms with Gasteiger partial charge in [-0.15, -0.1) is 0 Å². The molecule has 0 fully saturated rings. The summed E-state index contributed by atoms with van der Waals surface area (Å²) in [6, 6.07) is 1.28. The van der Waals surface area contributed by atoms with Crippen LogP contribution in [0.4, 0.5) is 26.3 Å². The average molecular weight is 258 g/mol. The molecular weight excluding hydrogens is 250 g/mol. The summed E-state index contributed by atoms with van der Waals surface area (Å²) in [5, 5.41) is 0. The molecule has 96 valence electrons. The summed E-state index contributed by atoms with van der Waals surface area (Å²) in [5.41, 5.74) is -2.78. The van der Waals surface area contributed by atoms with E-state index >= 15 is 0 Å². The first kappa shape index (κ1) is 13.7. The fraction of sp³-hybridized carbons (Fsp3) is 0.400. The fourth-order valence-electron chi connectivity index (χ4n) is 1.21. The number of alkyl halides is 6. The predicted molar refractivity (Wildman–Crippen MR) is 47.6 cm³/mol. The van der Waals surface area contributed by atoms with Gasteiger partial charge in [0.25, 0.3) is 0 Å². The van der Waals surface area contributed by atoms with Crippen LogP contribution in [0.3, 0.4) is 0 Å². The van der Waals surface area contributed by atoms with Gasteiger partial charge in [0, 0.05) is 0 Å². The van der Waals surface area contributed by atoms with E-state index in [-0.39, 0.29) is 12.7 Å². The van der Waals surface area contributed by atoms with Crippen LogP contribution in [0.25, 0.3) is 0 Å². The molecule has 1 aromatic rings. The first-order chi connectivity index (χ1) is 7.66. The summed E-state index contributed by atoms with van der Waals surface area (Å²) >= 11 is 0. The van der Waals surface area contributed by atoms with Crippen LogP contribution in [0, 0.1) is 0 Å². The zero-order valence-electron chi connectivity index (χ0n) is 8.62. The van der Waals surface area contributed by atoms with Crippen molar-refractivity contribution in [3.8, 4) is 5.75 Å². The molecule has 0 radical (unpaired) electrons. The molecule has 0 saturated carbocycles. The monoisotopic (exact) mass is 258 g/mol. The molecule has 0 aliphatic heterocycles. The predicted octanol–water partition coefficient (Wildman–Crippen LogP) is 4.12. The smallest absolute Gasteiger partial charge is 0.419 e. The molecule has 1 nitrogen and oxygen atoms in total. The van der Waals surface area contributed by atoms with Crippen molar-refractivity contribution in [1.29, 1.82) is 0 Å². The number of hydrogen-bond acceptors (Lipinski definition) is 1. The molecule has 0 aromatic heterocycles. The van der Waals surface area contributed by atoms with Gasteiger partial charge in [-0.2, -0.15) is 26.3 Å². The lowest BCUT2D eigenvalue weighted by molar-refractivity contribution is -0.143. The minimum absolute atomic E-state index is 0.0466. The van der Waals surface area contributed by atoms with Gasteiger partial charge < -0.3 is 4.74 Å². The Bertz CT molecular complexity index is 393. The van der Waals surface area contributed by atoms with Crippen LogP contribution in [0.1, 0.15) is 18.1 Å². The maximum absolute atomic E-state index is 12.5. The minimum atomic E-state index is -4.88. The highest BCUT2D eigenvalue weighted by Crippen LogP contribution is 2.40. The molecule has 0 amide bonds. The van der Waals surface area contributed by atoms with Crippen molar-refractivity contribution in [2.24, 2.45) is 0 Å². The van der Waals surface area contributed by atoms with E-state index < -0.39 is 29.2 Å². The average Bonchev–Trinajstić information content (AvgIpc) is 2.15. The quantitative estimate of drug-likeness (QED) is 0.725. The normalized spacial score (nSPS) is 12.6. The Kier molecular flexibility index (Phi) is 3.59. The first-order valence-corrected chi connectivity index (χ1v) is 4.57. The number of rotatable bonds is 2. The third kappa shape index (κ3) is 3.28. The van der Waals surface area contributed by atoms with Gasteiger partial charge in [0.1, 0.15) is 5.75 Å². The lowest BCUT2D eigenvalue weighted by Gasteiger charge is -2.15. The van der Waals surface area contributed by atoms with Gasteiger partial charge in [0.15, 0.2) is 0 Å². The summed E-state index contributed by atoms with van der Waals surface area (Å²) in [4.78, 5) is 0. The third-order valence-electron chi connectivity index (χ3n) is 1.91. The van der Waals surface area contributed by atoms with Gasteiger partial charge in [-0.3, -0.25) is 0 Å². The van der Waals surface area contributed by atoms with Gasteiger partial charge in [-0.05, 0) is 25.1 Å². The Morgan fingerprint density at radius 3 is 2.00 bits per heavy atom. The molecule has 7 heteroatoms. The Labute approximate surface area is 93.0 Å². The summed E-state index contributed by atoms with van der Waals surface area (Å²) < 4.78 is 78.9. The van der Waals surface area contributed by atoms with Gasteiger partial charge >= 0.3 is 12.4 Å². The van der Waals surface area contributed by atoms with Crippen LogP contribution < -0.4 is 4.74 Å². The molecule has 0 aliphatic carbocycles. The van der Waals surface area contributed by atoms with Crippen molar-refractivity contribution in [2.75, 3.05) is 6.61 Å². The number of hydrogen-bond donors (Lipinski definition) is 0. The van der Waals surface area contributed by atoms with Crippen LogP contribution in [0.15, 0.2) is 18.2 Å². The van der Waals surface area contributed by atoms with Crippen LogP contribution in [-0.4, -0.2) is 6.61 Å². The lowest BCUT2D eigenvalue weighted by atomic mass is 10.1. The molecule has 1 aromatic carbocycles. The maximum Gasteiger partial charge on any atom is 0.419 e. The van der Waals surface area contributed by atoms with E-state index in [1.54, 1.807) is 0 Å². The standard InChI is InChI=1S/C10H8F6O/c1-2-17-8-4-3-6(9(11,12)13)5-7(8)10(14,15)16/h3-5H,2H2,1H3. The highest BCUT2D eigenvalue weighted by molar-refractivity contribution is 5.40. The van der Waals surface area contributed by atoms with Crippen molar-refractivity contribution in [2.45, 2.75) is 19.3 Å². The zero-order valence-corrected chi connectivity index (χ0v) is 8.62. The van der Waals surface area contributed by atoms with Crippen molar-refractivity contribution >= 4 is 0 Å². The first-order valence-electron chi connectivity index (χ1n) is 4.57. The molecule has 0 N–H and O–H groups in total. The second-order valence-corrected chi connectivity index (χ2v) is 3.14. The highest BCUT2D eigenvalue weighted by atomic mass is 19.4. The van der Waals surface area contributed by atoms with E-state index in [4.69, 9.17) is 0 Å². The van der Waals surface area contributed by atoms with Gasteiger partial charge in [-0.25, -0.2) is 0 Å². The van der Waals surface area contributed by atoms with Crippen LogP contribution in [0.2, 0.25) is 0 Å². The van der Waals surface area contributed by atoms with Crippen molar-refractivity contribution < 1.29 is 31.1 Å². The molecule has 0 saturated heterocycles. The molecule has 0 aliphatic rings. The Balaban J connectivity index is 3.30. The van der Waals surface area contributed by atoms with Crippen LogP contribution >= 0.6 is 0 Å². The van der Waals surface area contributed by atoms with E-state index in [1.165, 1.54) is 6.92 Å². The van der Waals surface area contributed by atoms with Gasteiger partial charge in [0.05, 0.1) is 17.7 Å². The summed E-state index contributed by atoms with van der Waals surface area (Å²) in [6.45, 7) is 1.38. The number of halogens is 6. The van der Waals surface area contributed by atoms with Crippen LogP contribution in [-0.2, 0) is 12.4 Å². The van der Waals surface area contributed by atoms with Gasteiger partial charge in [-0.1, -0.05) is 0 Å². The van der Waals surface area contributed by atoms with E-state index in [0.717, 1.165) is 0 Å². The SMILES string of the molecule is CCOc1ccc(C(F)(F)F)cc1C(F)(F)F. The van der Waals surface area contributed by atoms with Gasteiger partial charge in [0.2, 0.25) is 0 Å². The molecular formula is C10H8F6O. The minimum Gasteiger partial charge on any atom is -0.493 e. The fourth-order valence-corrected chi connectivity index (χ4v) is 1.21. The Morgan fingerprint density at radius 2 is 1.59 bits per heavy atom. The zero-order chi connectivity index (χ0) is 13.3. The maximum atomic E-state index is 12.5. The highest BCUT2D eigenvalue weighted by Gasteiger charge is 2.38. The largest absolute Gasteiger partial charge is 0.493 e. The topological polar surface area (TPSA) is 9.23 Å². The second kappa shape index (κ2) is 4.46. The molecule has 1 rings (SSSR count). The lowest BCUT2D eigenvalue weighted by Crippen LogP contribution is -2.12. The number of benzene rings is 1. The van der Waals surface area contributed by atoms with E-state index in [1.807, 2.05) is 0 Å². The van der Waals surface area contributed by atoms with Crippen molar-refractivity contribution in [1.82, 2.24) is 0 Å². The molecule has 0 heterocycles. The second-order valence-electron chi connectivity index (χ2n) is 3.14. The molecule has 0 unspecified atom stereocenters. The molecule has 0 bridgehead atoms. The van der Waals surface area contributed by atoms with Crippen LogP contribution in [0.5, 0.6) is 5.75 Å². The summed E-state index contributed by atoms with van der Waals surface area (Å²) in [5.74, 6) is -0.604.